The monoisotopic (exact) mass is 377 g/mol. The van der Waals surface area contributed by atoms with Crippen molar-refractivity contribution in [3.63, 3.8) is 0 Å². The van der Waals surface area contributed by atoms with Crippen molar-refractivity contribution >= 4 is 15.9 Å². The summed E-state index contributed by atoms with van der Waals surface area (Å²) in [5.74, 6) is -0.141. The lowest BCUT2D eigenvalue weighted by Crippen LogP contribution is -2.33. The van der Waals surface area contributed by atoms with E-state index in [0.29, 0.717) is 11.4 Å². The second kappa shape index (κ2) is 8.79. The Labute approximate surface area is 155 Å². The molecule has 0 fully saturated rings. The van der Waals surface area contributed by atoms with Crippen molar-refractivity contribution in [3.8, 4) is 0 Å². The van der Waals surface area contributed by atoms with Crippen LogP contribution in [0.4, 0.5) is 0 Å². The average molecular weight is 378 g/mol. The van der Waals surface area contributed by atoms with Gasteiger partial charge in [-0.05, 0) is 61.9 Å². The molecule has 0 saturated heterocycles. The Morgan fingerprint density at radius 2 is 1.92 bits per heavy atom. The third-order valence-electron chi connectivity index (χ3n) is 4.94. The first-order chi connectivity index (χ1) is 12.5. The minimum atomic E-state index is -3.57. The van der Waals surface area contributed by atoms with Gasteiger partial charge in [-0.2, -0.15) is 0 Å². The van der Waals surface area contributed by atoms with Gasteiger partial charge in [-0.25, -0.2) is 13.1 Å². The lowest BCUT2D eigenvalue weighted by molar-refractivity contribution is -0.120. The smallest absolute Gasteiger partial charge is 0.240 e. The van der Waals surface area contributed by atoms with Gasteiger partial charge < -0.3 is 10.6 Å². The maximum Gasteiger partial charge on any atom is 0.240 e. The summed E-state index contributed by atoms with van der Waals surface area (Å²) in [6.07, 6.45) is 7.39. The standard InChI is InChI=1S/C19H27N3O3S/c23-19(21-14-15-7-10-20-11-8-15)9-12-22-26(24,25)18-6-5-16-3-1-2-4-17(16)13-18/h5-7,13,20,22H,1-4,8-12,14H2,(H,21,23). The van der Waals surface area contributed by atoms with Crippen molar-refractivity contribution in [1.29, 1.82) is 0 Å². The first-order valence-corrected chi connectivity index (χ1v) is 10.8. The van der Waals surface area contributed by atoms with E-state index in [9.17, 15) is 13.2 Å². The lowest BCUT2D eigenvalue weighted by Gasteiger charge is -2.17. The van der Waals surface area contributed by atoms with E-state index in [4.69, 9.17) is 0 Å². The molecule has 0 aromatic heterocycles. The first kappa shape index (κ1) is 19.1. The number of nitrogens with one attached hydrogen (secondary N) is 3. The number of benzene rings is 1. The van der Waals surface area contributed by atoms with Gasteiger partial charge in [0.1, 0.15) is 0 Å². The number of carbonyl (C=O) groups is 1. The van der Waals surface area contributed by atoms with E-state index in [1.54, 1.807) is 12.1 Å². The molecule has 0 spiro atoms. The predicted octanol–water partition coefficient (Wildman–Crippen LogP) is 1.27. The minimum absolute atomic E-state index is 0.103. The molecule has 0 bridgehead atoms. The zero-order valence-corrected chi connectivity index (χ0v) is 15.8. The van der Waals surface area contributed by atoms with Crippen molar-refractivity contribution < 1.29 is 13.2 Å². The highest BCUT2D eigenvalue weighted by molar-refractivity contribution is 7.89. The number of sulfonamides is 1. The normalized spacial score (nSPS) is 17.3. The molecule has 0 radical (unpaired) electrons. The molecule has 1 heterocycles. The van der Waals surface area contributed by atoms with Crippen molar-refractivity contribution in [2.45, 2.75) is 43.4 Å². The van der Waals surface area contributed by atoms with Crippen LogP contribution < -0.4 is 15.4 Å². The van der Waals surface area contributed by atoms with Crippen molar-refractivity contribution in [1.82, 2.24) is 15.4 Å². The molecule has 0 unspecified atom stereocenters. The van der Waals surface area contributed by atoms with Crippen LogP contribution in [0.3, 0.4) is 0 Å². The minimum Gasteiger partial charge on any atom is -0.352 e. The molecule has 1 aromatic rings. The van der Waals surface area contributed by atoms with Crippen LogP contribution in [0.15, 0.2) is 34.7 Å². The first-order valence-electron chi connectivity index (χ1n) is 9.31. The van der Waals surface area contributed by atoms with Gasteiger partial charge in [0.2, 0.25) is 15.9 Å². The van der Waals surface area contributed by atoms with Gasteiger partial charge in [-0.15, -0.1) is 0 Å². The molecule has 26 heavy (non-hydrogen) atoms. The van der Waals surface area contributed by atoms with Gasteiger partial charge in [0.25, 0.3) is 0 Å². The number of hydrogen-bond donors (Lipinski definition) is 3. The van der Waals surface area contributed by atoms with Crippen LogP contribution in [-0.4, -0.2) is 40.5 Å². The molecule has 3 rings (SSSR count). The van der Waals surface area contributed by atoms with Crippen LogP contribution in [0.25, 0.3) is 0 Å². The predicted molar refractivity (Wildman–Crippen MR) is 101 cm³/mol. The summed E-state index contributed by atoms with van der Waals surface area (Å²) in [7, 11) is -3.57. The third-order valence-corrected chi connectivity index (χ3v) is 6.40. The molecular weight excluding hydrogens is 350 g/mol. The Hall–Kier alpha value is -1.70. The van der Waals surface area contributed by atoms with Gasteiger partial charge in [0.15, 0.2) is 0 Å². The van der Waals surface area contributed by atoms with E-state index in [0.717, 1.165) is 44.3 Å². The Kier molecular flexibility index (Phi) is 6.45. The molecule has 1 aliphatic carbocycles. The molecule has 6 nitrogen and oxygen atoms in total. The van der Waals surface area contributed by atoms with Crippen LogP contribution >= 0.6 is 0 Å². The second-order valence-corrected chi connectivity index (χ2v) is 8.65. The number of rotatable bonds is 7. The number of amides is 1. The van der Waals surface area contributed by atoms with Gasteiger partial charge in [0.05, 0.1) is 4.90 Å². The van der Waals surface area contributed by atoms with E-state index < -0.39 is 10.0 Å². The highest BCUT2D eigenvalue weighted by Crippen LogP contribution is 2.23. The maximum atomic E-state index is 12.4. The summed E-state index contributed by atoms with van der Waals surface area (Å²) < 4.78 is 27.4. The Morgan fingerprint density at radius 3 is 2.69 bits per heavy atom. The second-order valence-electron chi connectivity index (χ2n) is 6.88. The van der Waals surface area contributed by atoms with E-state index in [1.165, 1.54) is 17.6 Å². The SMILES string of the molecule is O=C(CCNS(=O)(=O)c1ccc2c(c1)CCCC2)NCC1=CCNCC1. The summed E-state index contributed by atoms with van der Waals surface area (Å²) in [6, 6.07) is 5.36. The molecule has 142 valence electrons. The largest absolute Gasteiger partial charge is 0.352 e. The van der Waals surface area contributed by atoms with Crippen molar-refractivity contribution in [3.05, 3.63) is 41.0 Å². The fraction of sp³-hybridized carbons (Fsp3) is 0.526. The van der Waals surface area contributed by atoms with Crippen molar-refractivity contribution in [2.75, 3.05) is 26.2 Å². The van der Waals surface area contributed by atoms with Crippen LogP contribution in [0.1, 0.15) is 36.8 Å². The zero-order chi connectivity index (χ0) is 18.4. The van der Waals surface area contributed by atoms with E-state index >= 15 is 0 Å². The highest BCUT2D eigenvalue weighted by atomic mass is 32.2. The van der Waals surface area contributed by atoms with Gasteiger partial charge in [0, 0.05) is 26.1 Å². The van der Waals surface area contributed by atoms with Crippen LogP contribution in [0.2, 0.25) is 0 Å². The number of aryl methyl sites for hydroxylation is 2. The summed E-state index contributed by atoms with van der Waals surface area (Å²) in [4.78, 5) is 12.2. The Bertz CT molecular complexity index is 787. The highest BCUT2D eigenvalue weighted by Gasteiger charge is 2.17. The average Bonchev–Trinajstić information content (AvgIpc) is 2.66. The number of hydrogen-bond acceptors (Lipinski definition) is 4. The molecule has 2 aliphatic rings. The van der Waals surface area contributed by atoms with Gasteiger partial charge >= 0.3 is 0 Å². The molecule has 3 N–H and O–H groups in total. The van der Waals surface area contributed by atoms with E-state index in [1.807, 2.05) is 6.07 Å². The summed E-state index contributed by atoms with van der Waals surface area (Å²) in [6.45, 7) is 2.41. The molecule has 1 amide bonds. The number of carbonyl (C=O) groups excluding carboxylic acids is 1. The van der Waals surface area contributed by atoms with Gasteiger partial charge in [-0.3, -0.25) is 4.79 Å². The quantitative estimate of drug-likeness (QED) is 0.625. The van der Waals surface area contributed by atoms with E-state index in [2.05, 4.69) is 21.4 Å². The Morgan fingerprint density at radius 1 is 1.12 bits per heavy atom. The molecule has 0 saturated carbocycles. The number of fused-ring (bicyclic) bond motifs is 1. The maximum absolute atomic E-state index is 12.4. The summed E-state index contributed by atoms with van der Waals surface area (Å²) >= 11 is 0. The molecule has 1 aromatic carbocycles. The van der Waals surface area contributed by atoms with Crippen molar-refractivity contribution in [2.24, 2.45) is 0 Å². The Balaban J connectivity index is 1.47. The lowest BCUT2D eigenvalue weighted by atomic mass is 9.92. The van der Waals surface area contributed by atoms with Crippen LogP contribution in [0.5, 0.6) is 0 Å². The van der Waals surface area contributed by atoms with E-state index in [-0.39, 0.29) is 18.9 Å². The van der Waals surface area contributed by atoms with Crippen LogP contribution in [0, 0.1) is 0 Å². The van der Waals surface area contributed by atoms with Crippen LogP contribution in [-0.2, 0) is 27.7 Å². The molecule has 1 aliphatic heterocycles. The molecular formula is C19H27N3O3S. The van der Waals surface area contributed by atoms with Gasteiger partial charge in [-0.1, -0.05) is 17.7 Å². The summed E-state index contributed by atoms with van der Waals surface area (Å²) in [5, 5.41) is 6.07. The molecule has 7 heteroatoms. The molecule has 0 atom stereocenters. The zero-order valence-electron chi connectivity index (χ0n) is 15.0. The fourth-order valence-corrected chi connectivity index (χ4v) is 4.47. The summed E-state index contributed by atoms with van der Waals surface area (Å²) in [5.41, 5.74) is 3.60. The topological polar surface area (TPSA) is 87.3 Å². The third kappa shape index (κ3) is 5.16. The fourth-order valence-electron chi connectivity index (χ4n) is 3.39.